The molecular weight excluding hydrogens is 451 g/mol. The lowest BCUT2D eigenvalue weighted by Crippen LogP contribution is -2.27. The lowest BCUT2D eigenvalue weighted by atomic mass is 9.97. The molecule has 4 rings (SSSR count). The number of hydrogen-bond donors (Lipinski definition) is 1. The Morgan fingerprint density at radius 2 is 1.71 bits per heavy atom. The molecule has 2 N–H and O–H groups in total. The summed E-state index contributed by atoms with van der Waals surface area (Å²) in [6, 6.07) is 21.4. The number of aryl methyl sites for hydroxylation is 1. The number of rotatable bonds is 9. The van der Waals surface area contributed by atoms with E-state index in [1.165, 1.54) is 24.3 Å². The number of primary sulfonamides is 1. The smallest absolute Gasteiger partial charge is 0.238 e. The molecule has 0 saturated heterocycles. The van der Waals surface area contributed by atoms with Crippen LogP contribution in [0.4, 0.5) is 4.39 Å². The minimum atomic E-state index is -3.82. The first-order chi connectivity index (χ1) is 16.3. The van der Waals surface area contributed by atoms with Crippen molar-refractivity contribution in [2.24, 2.45) is 5.14 Å². The maximum atomic E-state index is 13.6. The molecule has 0 saturated carbocycles. The van der Waals surface area contributed by atoms with Gasteiger partial charge in [0, 0.05) is 6.54 Å². The van der Waals surface area contributed by atoms with Gasteiger partial charge in [0.2, 0.25) is 10.0 Å². The average Bonchev–Trinajstić information content (AvgIpc) is 3.15. The first kappa shape index (κ1) is 24.1. The fourth-order valence-corrected chi connectivity index (χ4v) is 4.85. The Bertz CT molecular complexity index is 1370. The number of halogens is 1. The molecule has 1 heterocycles. The molecule has 34 heavy (non-hydrogen) atoms. The van der Waals surface area contributed by atoms with E-state index < -0.39 is 10.0 Å². The van der Waals surface area contributed by atoms with E-state index in [9.17, 15) is 12.8 Å². The van der Waals surface area contributed by atoms with Crippen molar-refractivity contribution in [2.75, 3.05) is 7.05 Å². The summed E-state index contributed by atoms with van der Waals surface area (Å²) in [5.41, 5.74) is 3.54. The van der Waals surface area contributed by atoms with Crippen LogP contribution in [0.15, 0.2) is 77.7 Å². The lowest BCUT2D eigenvalue weighted by molar-refractivity contribution is 0.260. The first-order valence-electron chi connectivity index (χ1n) is 11.3. The van der Waals surface area contributed by atoms with Crippen LogP contribution in [0, 0.1) is 5.82 Å². The summed E-state index contributed by atoms with van der Waals surface area (Å²) in [5, 5.41) is 5.34. The van der Waals surface area contributed by atoms with Crippen molar-refractivity contribution in [3.63, 3.8) is 0 Å². The second kappa shape index (κ2) is 10.0. The standard InChI is InChI=1S/C26H29FN4O2S/c1-3-4-16-31-24-15-14-22(34(28,32)33)17-23(24)29-25(31)18-30(2)26(19-8-6-5-7-9-19)20-10-12-21(27)13-11-20/h5-15,17,26H,3-4,16,18H2,1-2H3,(H2,28,32,33). The molecule has 0 aliphatic carbocycles. The number of sulfonamides is 1. The van der Waals surface area contributed by atoms with E-state index in [4.69, 9.17) is 10.1 Å². The molecule has 0 radical (unpaired) electrons. The minimum Gasteiger partial charge on any atom is -0.327 e. The van der Waals surface area contributed by atoms with E-state index in [2.05, 4.69) is 28.5 Å². The van der Waals surface area contributed by atoms with E-state index in [1.54, 1.807) is 6.07 Å². The molecule has 4 aromatic rings. The molecule has 0 spiro atoms. The van der Waals surface area contributed by atoms with Gasteiger partial charge in [-0.15, -0.1) is 0 Å². The Labute approximate surface area is 199 Å². The third-order valence-corrected chi connectivity index (χ3v) is 6.91. The molecule has 6 nitrogen and oxygen atoms in total. The molecule has 0 aliphatic heterocycles. The summed E-state index contributed by atoms with van der Waals surface area (Å²) in [5.74, 6) is 0.561. The van der Waals surface area contributed by atoms with Gasteiger partial charge >= 0.3 is 0 Å². The van der Waals surface area contributed by atoms with Crippen LogP contribution in [0.25, 0.3) is 11.0 Å². The minimum absolute atomic E-state index is 0.0496. The van der Waals surface area contributed by atoms with Gasteiger partial charge in [-0.3, -0.25) is 4.90 Å². The summed E-state index contributed by atoms with van der Waals surface area (Å²) in [7, 11) is -1.80. The molecule has 178 valence electrons. The summed E-state index contributed by atoms with van der Waals surface area (Å²) < 4.78 is 39.5. The molecule has 0 bridgehead atoms. The Morgan fingerprint density at radius 3 is 2.35 bits per heavy atom. The van der Waals surface area contributed by atoms with Crippen LogP contribution in [0.2, 0.25) is 0 Å². The molecular formula is C26H29FN4O2S. The normalized spacial score (nSPS) is 13.0. The number of aromatic nitrogens is 2. The maximum absolute atomic E-state index is 13.6. The summed E-state index contributed by atoms with van der Waals surface area (Å²) in [4.78, 5) is 7.03. The molecule has 3 aromatic carbocycles. The van der Waals surface area contributed by atoms with Crippen LogP contribution < -0.4 is 5.14 Å². The summed E-state index contributed by atoms with van der Waals surface area (Å²) >= 11 is 0. The highest BCUT2D eigenvalue weighted by molar-refractivity contribution is 7.89. The zero-order chi connectivity index (χ0) is 24.3. The molecule has 0 aliphatic rings. The van der Waals surface area contributed by atoms with Crippen molar-refractivity contribution in [3.05, 3.63) is 95.6 Å². The summed E-state index contributed by atoms with van der Waals surface area (Å²) in [6.07, 6.45) is 1.99. The van der Waals surface area contributed by atoms with Crippen molar-refractivity contribution >= 4 is 21.1 Å². The van der Waals surface area contributed by atoms with E-state index in [0.29, 0.717) is 12.1 Å². The van der Waals surface area contributed by atoms with Crippen molar-refractivity contribution in [1.29, 1.82) is 0 Å². The van der Waals surface area contributed by atoms with Gasteiger partial charge < -0.3 is 4.57 Å². The molecule has 1 unspecified atom stereocenters. The van der Waals surface area contributed by atoms with Gasteiger partial charge in [-0.25, -0.2) is 22.9 Å². The van der Waals surface area contributed by atoms with E-state index in [-0.39, 0.29) is 16.8 Å². The van der Waals surface area contributed by atoms with Gasteiger partial charge in [0.1, 0.15) is 11.6 Å². The lowest BCUT2D eigenvalue weighted by Gasteiger charge is -2.29. The Hall–Kier alpha value is -3.07. The van der Waals surface area contributed by atoms with Gasteiger partial charge in [0.05, 0.1) is 28.5 Å². The van der Waals surface area contributed by atoms with Crippen molar-refractivity contribution in [3.8, 4) is 0 Å². The van der Waals surface area contributed by atoms with E-state index >= 15 is 0 Å². The first-order valence-corrected chi connectivity index (χ1v) is 12.8. The molecule has 0 amide bonds. The average molecular weight is 481 g/mol. The van der Waals surface area contributed by atoms with Crippen LogP contribution in [0.3, 0.4) is 0 Å². The number of benzene rings is 3. The topological polar surface area (TPSA) is 81.2 Å². The monoisotopic (exact) mass is 480 g/mol. The van der Waals surface area contributed by atoms with Crippen LogP contribution >= 0.6 is 0 Å². The third-order valence-electron chi connectivity index (χ3n) is 6.00. The van der Waals surface area contributed by atoms with E-state index in [1.807, 2.05) is 37.4 Å². The van der Waals surface area contributed by atoms with Crippen molar-refractivity contribution in [2.45, 2.75) is 43.8 Å². The highest BCUT2D eigenvalue weighted by atomic mass is 32.2. The number of nitrogens with two attached hydrogens (primary N) is 1. The number of unbranched alkanes of at least 4 members (excludes halogenated alkanes) is 1. The molecule has 1 atom stereocenters. The van der Waals surface area contributed by atoms with Gasteiger partial charge in [-0.2, -0.15) is 0 Å². The zero-order valence-corrected chi connectivity index (χ0v) is 20.2. The van der Waals surface area contributed by atoms with Gasteiger partial charge in [0.25, 0.3) is 0 Å². The second-order valence-electron chi connectivity index (χ2n) is 8.51. The fraction of sp³-hybridized carbons (Fsp3) is 0.269. The number of imidazole rings is 1. The van der Waals surface area contributed by atoms with E-state index in [0.717, 1.165) is 41.9 Å². The SMILES string of the molecule is CCCCn1c(CN(C)C(c2ccccc2)c2ccc(F)cc2)nc2cc(S(N)(=O)=O)ccc21. The predicted molar refractivity (Wildman–Crippen MR) is 132 cm³/mol. The Morgan fingerprint density at radius 1 is 1.03 bits per heavy atom. The highest BCUT2D eigenvalue weighted by Crippen LogP contribution is 2.30. The number of hydrogen-bond acceptors (Lipinski definition) is 4. The largest absolute Gasteiger partial charge is 0.327 e. The van der Waals surface area contributed by atoms with Crippen LogP contribution in [-0.4, -0.2) is 29.9 Å². The second-order valence-corrected chi connectivity index (χ2v) is 10.1. The van der Waals surface area contributed by atoms with Gasteiger partial charge in [0.15, 0.2) is 0 Å². The maximum Gasteiger partial charge on any atom is 0.238 e. The molecule has 8 heteroatoms. The Kier molecular flexibility index (Phi) is 7.11. The molecule has 1 aromatic heterocycles. The fourth-order valence-electron chi connectivity index (χ4n) is 4.32. The zero-order valence-electron chi connectivity index (χ0n) is 19.4. The van der Waals surface area contributed by atoms with Crippen LogP contribution in [-0.2, 0) is 23.1 Å². The van der Waals surface area contributed by atoms with Crippen molar-refractivity contribution < 1.29 is 12.8 Å². The van der Waals surface area contributed by atoms with Crippen LogP contribution in [0.1, 0.15) is 42.8 Å². The quantitative estimate of drug-likeness (QED) is 0.372. The number of fused-ring (bicyclic) bond motifs is 1. The predicted octanol–water partition coefficient (Wildman–Crippen LogP) is 4.84. The number of nitrogens with zero attached hydrogens (tertiary/aromatic N) is 3. The van der Waals surface area contributed by atoms with Crippen LogP contribution in [0.5, 0.6) is 0 Å². The van der Waals surface area contributed by atoms with Crippen molar-refractivity contribution in [1.82, 2.24) is 14.5 Å². The highest BCUT2D eigenvalue weighted by Gasteiger charge is 2.22. The molecule has 0 fully saturated rings. The Balaban J connectivity index is 1.75. The van der Waals surface area contributed by atoms with Gasteiger partial charge in [-0.05, 0) is 54.9 Å². The third kappa shape index (κ3) is 5.19. The van der Waals surface area contributed by atoms with Gasteiger partial charge in [-0.1, -0.05) is 55.8 Å². The summed E-state index contributed by atoms with van der Waals surface area (Å²) in [6.45, 7) is 3.42.